The molecule has 0 fully saturated rings. The molecule has 1 heterocycles. The molecular weight excluding hydrogens is 265 g/mol. The number of hydrogen-bond acceptors (Lipinski definition) is 3. The van der Waals surface area contributed by atoms with Crippen LogP contribution in [0.2, 0.25) is 0 Å². The van der Waals surface area contributed by atoms with Gasteiger partial charge in [0.15, 0.2) is 0 Å². The van der Waals surface area contributed by atoms with Crippen LogP contribution in [-0.4, -0.2) is 19.3 Å². The van der Waals surface area contributed by atoms with Crippen molar-refractivity contribution >= 4 is 22.6 Å². The second kappa shape index (κ2) is 4.25. The summed E-state index contributed by atoms with van der Waals surface area (Å²) in [6.07, 6.45) is 3.87. The summed E-state index contributed by atoms with van der Waals surface area (Å²) in [7, 11) is 1.94. The molecule has 1 aliphatic rings. The Morgan fingerprint density at radius 2 is 2.42 bits per heavy atom. The Bertz CT molecular complexity index is 222. The van der Waals surface area contributed by atoms with E-state index >= 15 is 0 Å². The minimum Gasteiger partial charge on any atom is -0.372 e. The Labute approximate surface area is 86.6 Å². The Hall–Kier alpha value is -0.0700. The van der Waals surface area contributed by atoms with Crippen molar-refractivity contribution in [1.82, 2.24) is 10.6 Å². The molecular formula is C8H14IN3. The first-order valence-corrected chi connectivity index (χ1v) is 4.99. The zero-order valence-corrected chi connectivity index (χ0v) is 9.42. The van der Waals surface area contributed by atoms with Gasteiger partial charge in [-0.3, -0.25) is 0 Å². The summed E-state index contributed by atoms with van der Waals surface area (Å²) < 4.78 is 1.22. The van der Waals surface area contributed by atoms with Gasteiger partial charge in [0.05, 0.1) is 6.17 Å². The molecule has 1 aliphatic heterocycles. The molecule has 0 aliphatic carbocycles. The molecule has 2 unspecified atom stereocenters. The number of hydrogen-bond donors (Lipinski definition) is 3. The van der Waals surface area contributed by atoms with Crippen molar-refractivity contribution in [1.29, 1.82) is 0 Å². The van der Waals surface area contributed by atoms with E-state index in [-0.39, 0.29) is 6.17 Å². The lowest BCUT2D eigenvalue weighted by Crippen LogP contribution is -2.44. The monoisotopic (exact) mass is 279 g/mol. The number of nitrogens with two attached hydrogens (primary N) is 1. The number of halogens is 1. The molecule has 0 aromatic carbocycles. The van der Waals surface area contributed by atoms with Crippen LogP contribution < -0.4 is 16.4 Å². The minimum atomic E-state index is -0.0515. The van der Waals surface area contributed by atoms with Crippen LogP contribution in [0.4, 0.5) is 0 Å². The second-order valence-corrected chi connectivity index (χ2v) is 3.95. The molecule has 1 rings (SSSR count). The standard InChI is InChI=1S/C8H14IN3/c1-5(11-2)7-6(9)3-4-12-8(7)10/h3-5,8,11-12H,10H2,1-2H3. The van der Waals surface area contributed by atoms with Gasteiger partial charge >= 0.3 is 0 Å². The van der Waals surface area contributed by atoms with Crippen LogP contribution in [-0.2, 0) is 0 Å². The van der Waals surface area contributed by atoms with Crippen LogP contribution in [0.15, 0.2) is 21.4 Å². The first kappa shape index (κ1) is 10.0. The van der Waals surface area contributed by atoms with Gasteiger partial charge in [0, 0.05) is 9.62 Å². The van der Waals surface area contributed by atoms with Crippen LogP contribution >= 0.6 is 22.6 Å². The third-order valence-corrected chi connectivity index (χ3v) is 3.00. The quantitative estimate of drug-likeness (QED) is 0.652. The summed E-state index contributed by atoms with van der Waals surface area (Å²) in [5.41, 5.74) is 7.10. The summed E-state index contributed by atoms with van der Waals surface area (Å²) in [5.74, 6) is 0. The highest BCUT2D eigenvalue weighted by Gasteiger charge is 2.18. The minimum absolute atomic E-state index is 0.0515. The maximum atomic E-state index is 5.88. The average Bonchev–Trinajstić information content (AvgIpc) is 2.03. The normalized spacial score (nSPS) is 25.5. The van der Waals surface area contributed by atoms with Gasteiger partial charge in [-0.1, -0.05) is 0 Å². The van der Waals surface area contributed by atoms with Crippen LogP contribution in [0.25, 0.3) is 0 Å². The summed E-state index contributed by atoms with van der Waals surface area (Å²) in [6.45, 7) is 2.11. The number of likely N-dealkylation sites (N-methyl/N-ethyl adjacent to an activating group) is 1. The summed E-state index contributed by atoms with van der Waals surface area (Å²) in [6, 6.07) is 0.323. The van der Waals surface area contributed by atoms with Crippen molar-refractivity contribution in [2.24, 2.45) is 5.73 Å². The molecule has 0 saturated heterocycles. The van der Waals surface area contributed by atoms with Gasteiger partial charge in [0.25, 0.3) is 0 Å². The molecule has 68 valence electrons. The SMILES string of the molecule is CNC(C)C1=C(I)C=CNC1N. The van der Waals surface area contributed by atoms with E-state index in [9.17, 15) is 0 Å². The molecule has 4 heteroatoms. The fraction of sp³-hybridized carbons (Fsp3) is 0.500. The number of rotatable bonds is 2. The summed E-state index contributed by atoms with van der Waals surface area (Å²) >= 11 is 2.31. The summed E-state index contributed by atoms with van der Waals surface area (Å²) in [5, 5.41) is 6.25. The maximum absolute atomic E-state index is 5.88. The van der Waals surface area contributed by atoms with E-state index in [1.54, 1.807) is 0 Å². The predicted octanol–water partition coefficient (Wildman–Crippen LogP) is 0.685. The van der Waals surface area contributed by atoms with E-state index in [0.717, 1.165) is 0 Å². The van der Waals surface area contributed by atoms with Gasteiger partial charge in [-0.2, -0.15) is 0 Å². The smallest absolute Gasteiger partial charge is 0.0989 e. The van der Waals surface area contributed by atoms with Crippen LogP contribution in [0.3, 0.4) is 0 Å². The van der Waals surface area contributed by atoms with Crippen molar-refractivity contribution in [3.63, 3.8) is 0 Å². The molecule has 0 aromatic heterocycles. The van der Waals surface area contributed by atoms with Crippen LogP contribution in [0, 0.1) is 0 Å². The first-order chi connectivity index (χ1) is 5.66. The van der Waals surface area contributed by atoms with Gasteiger partial charge in [0.2, 0.25) is 0 Å². The molecule has 0 radical (unpaired) electrons. The number of allylic oxidation sites excluding steroid dienone is 2. The largest absolute Gasteiger partial charge is 0.372 e. The Morgan fingerprint density at radius 1 is 1.75 bits per heavy atom. The number of nitrogens with one attached hydrogen (secondary N) is 2. The Balaban J connectivity index is 2.88. The highest BCUT2D eigenvalue weighted by Crippen LogP contribution is 2.21. The molecule has 0 saturated carbocycles. The van der Waals surface area contributed by atoms with Gasteiger partial charge in [0.1, 0.15) is 0 Å². The molecule has 2 atom stereocenters. The van der Waals surface area contributed by atoms with Crippen molar-refractivity contribution in [2.45, 2.75) is 19.1 Å². The van der Waals surface area contributed by atoms with Crippen molar-refractivity contribution < 1.29 is 0 Å². The van der Waals surface area contributed by atoms with E-state index in [0.29, 0.717) is 6.04 Å². The fourth-order valence-electron chi connectivity index (χ4n) is 1.19. The molecule has 0 spiro atoms. The van der Waals surface area contributed by atoms with E-state index in [1.807, 2.05) is 19.3 Å². The van der Waals surface area contributed by atoms with Crippen molar-refractivity contribution in [2.75, 3.05) is 7.05 Å². The van der Waals surface area contributed by atoms with Gasteiger partial charge < -0.3 is 16.4 Å². The topological polar surface area (TPSA) is 50.1 Å². The van der Waals surface area contributed by atoms with E-state index in [4.69, 9.17) is 5.73 Å². The third kappa shape index (κ3) is 1.99. The molecule has 0 aromatic rings. The second-order valence-electron chi connectivity index (χ2n) is 2.79. The molecule has 4 N–H and O–H groups in total. The van der Waals surface area contributed by atoms with Gasteiger partial charge in [-0.05, 0) is 54.4 Å². The zero-order valence-electron chi connectivity index (χ0n) is 7.26. The molecule has 0 amide bonds. The lowest BCUT2D eigenvalue weighted by molar-refractivity contribution is 0.580. The van der Waals surface area contributed by atoms with Crippen molar-refractivity contribution in [3.8, 4) is 0 Å². The third-order valence-electron chi connectivity index (χ3n) is 2.02. The van der Waals surface area contributed by atoms with E-state index in [1.165, 1.54) is 9.15 Å². The highest BCUT2D eigenvalue weighted by atomic mass is 127. The zero-order chi connectivity index (χ0) is 9.14. The fourth-order valence-corrected chi connectivity index (χ4v) is 2.17. The lowest BCUT2D eigenvalue weighted by Gasteiger charge is -2.25. The van der Waals surface area contributed by atoms with Gasteiger partial charge in [-0.25, -0.2) is 0 Å². The average molecular weight is 279 g/mol. The van der Waals surface area contributed by atoms with E-state index in [2.05, 4.69) is 40.1 Å². The maximum Gasteiger partial charge on any atom is 0.0989 e. The number of dihydropyridines is 1. The molecule has 3 nitrogen and oxygen atoms in total. The molecule has 12 heavy (non-hydrogen) atoms. The highest BCUT2D eigenvalue weighted by molar-refractivity contribution is 14.1. The molecule has 0 bridgehead atoms. The Kier molecular flexibility index (Phi) is 3.54. The lowest BCUT2D eigenvalue weighted by atomic mass is 10.0. The predicted molar refractivity (Wildman–Crippen MR) is 59.8 cm³/mol. The van der Waals surface area contributed by atoms with Crippen LogP contribution in [0.5, 0.6) is 0 Å². The Morgan fingerprint density at radius 3 is 2.92 bits per heavy atom. The summed E-state index contributed by atoms with van der Waals surface area (Å²) in [4.78, 5) is 0. The van der Waals surface area contributed by atoms with Gasteiger partial charge in [-0.15, -0.1) is 0 Å². The van der Waals surface area contributed by atoms with E-state index < -0.39 is 0 Å². The van der Waals surface area contributed by atoms with Crippen molar-refractivity contribution in [3.05, 3.63) is 21.4 Å². The first-order valence-electron chi connectivity index (χ1n) is 3.92. The van der Waals surface area contributed by atoms with Crippen LogP contribution in [0.1, 0.15) is 6.92 Å².